The van der Waals surface area contributed by atoms with Crippen molar-refractivity contribution in [3.05, 3.63) is 28.1 Å². The van der Waals surface area contributed by atoms with Crippen molar-refractivity contribution in [1.82, 2.24) is 25.2 Å². The number of nitrogens with one attached hydrogen (secondary N) is 1. The van der Waals surface area contributed by atoms with E-state index in [0.717, 1.165) is 29.9 Å². The van der Waals surface area contributed by atoms with Crippen LogP contribution in [0.4, 0.5) is 0 Å². The molecule has 0 aliphatic rings. The van der Waals surface area contributed by atoms with Crippen molar-refractivity contribution in [2.75, 3.05) is 6.54 Å². The maximum Gasteiger partial charge on any atom is 0.291 e. The molecule has 0 spiro atoms. The third-order valence-corrected chi connectivity index (χ3v) is 3.31. The summed E-state index contributed by atoms with van der Waals surface area (Å²) in [5.41, 5.74) is 1.99. The minimum Gasteiger partial charge on any atom is -0.361 e. The van der Waals surface area contributed by atoms with E-state index in [1.165, 1.54) is 4.68 Å². The average Bonchev–Trinajstić information content (AvgIpc) is 2.90. The number of nitrogens with zero attached hydrogens (tertiary/aromatic N) is 4. The smallest absolute Gasteiger partial charge is 0.291 e. The Morgan fingerprint density at radius 2 is 2.20 bits per heavy atom. The Balaban J connectivity index is 1.80. The molecule has 0 aliphatic heterocycles. The summed E-state index contributed by atoms with van der Waals surface area (Å²) in [6.45, 7) is 4.32. The lowest BCUT2D eigenvalue weighted by Crippen LogP contribution is -2.26. The van der Waals surface area contributed by atoms with Crippen LogP contribution in [-0.4, -0.2) is 32.4 Å². The molecule has 108 valence electrons. The first-order chi connectivity index (χ1) is 9.49. The molecule has 2 heterocycles. The number of hydrogen-bond acceptors (Lipinski definition) is 5. The molecule has 1 amide bonds. The highest BCUT2D eigenvalue weighted by Crippen LogP contribution is 2.13. The molecule has 0 fully saturated rings. The van der Waals surface area contributed by atoms with Crippen molar-refractivity contribution in [1.29, 1.82) is 0 Å². The minimum atomic E-state index is -0.328. The van der Waals surface area contributed by atoms with Gasteiger partial charge < -0.3 is 9.84 Å². The number of carbonyl (C=O) groups excluding carboxylic acids is 1. The maximum atomic E-state index is 11.8. The molecular weight excluding hydrogens is 282 g/mol. The highest BCUT2D eigenvalue weighted by molar-refractivity contribution is 6.28. The Labute approximate surface area is 121 Å². The molecule has 0 unspecified atom stereocenters. The fourth-order valence-electron chi connectivity index (χ4n) is 1.87. The molecule has 1 N–H and O–H groups in total. The molecule has 2 aromatic rings. The van der Waals surface area contributed by atoms with E-state index < -0.39 is 0 Å². The predicted molar refractivity (Wildman–Crippen MR) is 72.6 cm³/mol. The number of halogens is 1. The van der Waals surface area contributed by atoms with Gasteiger partial charge >= 0.3 is 0 Å². The maximum absolute atomic E-state index is 11.8. The third-order valence-electron chi connectivity index (χ3n) is 2.98. The molecule has 0 radical (unpaired) electrons. The van der Waals surface area contributed by atoms with Gasteiger partial charge in [0.15, 0.2) is 0 Å². The number of aromatic nitrogens is 4. The predicted octanol–water partition coefficient (Wildman–Crippen LogP) is 1.44. The van der Waals surface area contributed by atoms with Gasteiger partial charge in [0.2, 0.25) is 11.1 Å². The largest absolute Gasteiger partial charge is 0.361 e. The normalized spacial score (nSPS) is 10.8. The lowest BCUT2D eigenvalue weighted by molar-refractivity contribution is 0.0942. The molecule has 2 aromatic heterocycles. The van der Waals surface area contributed by atoms with Crippen LogP contribution in [0.5, 0.6) is 0 Å². The van der Waals surface area contributed by atoms with Gasteiger partial charge in [-0.15, -0.1) is 5.10 Å². The van der Waals surface area contributed by atoms with Crippen LogP contribution in [-0.2, 0) is 13.5 Å². The number of hydrogen-bond donors (Lipinski definition) is 1. The Morgan fingerprint density at radius 3 is 2.75 bits per heavy atom. The van der Waals surface area contributed by atoms with Gasteiger partial charge in [-0.2, -0.15) is 4.98 Å². The number of aryl methyl sites for hydroxylation is 3. The molecule has 0 aromatic carbocycles. The Hall–Kier alpha value is -1.89. The van der Waals surface area contributed by atoms with Gasteiger partial charge in [-0.05, 0) is 38.3 Å². The minimum absolute atomic E-state index is 0.0786. The van der Waals surface area contributed by atoms with Crippen molar-refractivity contribution in [3.8, 4) is 0 Å². The van der Waals surface area contributed by atoms with E-state index in [2.05, 4.69) is 20.6 Å². The van der Waals surface area contributed by atoms with Gasteiger partial charge in [-0.25, -0.2) is 4.68 Å². The van der Waals surface area contributed by atoms with Crippen LogP contribution in [0.3, 0.4) is 0 Å². The summed E-state index contributed by atoms with van der Waals surface area (Å²) in [4.78, 5) is 15.6. The third kappa shape index (κ3) is 3.16. The Morgan fingerprint density at radius 1 is 1.45 bits per heavy atom. The van der Waals surface area contributed by atoms with Crippen molar-refractivity contribution in [2.24, 2.45) is 7.05 Å². The first kappa shape index (κ1) is 14.5. The van der Waals surface area contributed by atoms with Gasteiger partial charge in [0, 0.05) is 19.2 Å². The lowest BCUT2D eigenvalue weighted by Gasteiger charge is -2.02. The molecule has 0 saturated heterocycles. The Bertz CT molecular complexity index is 580. The molecule has 0 saturated carbocycles. The molecule has 0 bridgehead atoms. The number of rotatable bonds is 5. The summed E-state index contributed by atoms with van der Waals surface area (Å²) < 4.78 is 6.43. The fourth-order valence-corrected chi connectivity index (χ4v) is 1.98. The zero-order chi connectivity index (χ0) is 14.7. The first-order valence-corrected chi connectivity index (χ1v) is 6.63. The second kappa shape index (κ2) is 6.04. The van der Waals surface area contributed by atoms with Gasteiger partial charge in [-0.1, -0.05) is 5.16 Å². The second-order valence-electron chi connectivity index (χ2n) is 4.49. The summed E-state index contributed by atoms with van der Waals surface area (Å²) in [5.74, 6) is 0.577. The van der Waals surface area contributed by atoms with Gasteiger partial charge in [-0.3, -0.25) is 4.79 Å². The van der Waals surface area contributed by atoms with Crippen LogP contribution in [0.15, 0.2) is 4.52 Å². The highest BCUT2D eigenvalue weighted by Gasteiger charge is 2.13. The van der Waals surface area contributed by atoms with Crippen LogP contribution < -0.4 is 5.32 Å². The zero-order valence-electron chi connectivity index (χ0n) is 11.6. The average molecular weight is 298 g/mol. The van der Waals surface area contributed by atoms with Crippen molar-refractivity contribution in [3.63, 3.8) is 0 Å². The van der Waals surface area contributed by atoms with E-state index >= 15 is 0 Å². The van der Waals surface area contributed by atoms with Crippen LogP contribution in [0.25, 0.3) is 0 Å². The van der Waals surface area contributed by atoms with Gasteiger partial charge in [0.05, 0.1) is 5.69 Å². The van der Waals surface area contributed by atoms with Crippen molar-refractivity contribution in [2.45, 2.75) is 26.7 Å². The number of amides is 1. The fraction of sp³-hybridized carbons (Fsp3) is 0.500. The molecule has 2 rings (SSSR count). The monoisotopic (exact) mass is 297 g/mol. The van der Waals surface area contributed by atoms with Crippen molar-refractivity contribution < 1.29 is 9.32 Å². The zero-order valence-corrected chi connectivity index (χ0v) is 12.4. The molecular formula is C12H16ClN5O2. The van der Waals surface area contributed by atoms with Gasteiger partial charge in [0.1, 0.15) is 5.76 Å². The second-order valence-corrected chi connectivity index (χ2v) is 4.83. The molecule has 8 heteroatoms. The Kier molecular flexibility index (Phi) is 4.39. The first-order valence-electron chi connectivity index (χ1n) is 6.25. The SMILES string of the molecule is Cc1noc(C)c1CCCNC(=O)c1nc(Cl)n(C)n1. The molecule has 20 heavy (non-hydrogen) atoms. The molecule has 0 aliphatic carbocycles. The van der Waals surface area contributed by atoms with E-state index in [1.807, 2.05) is 13.8 Å². The molecule has 0 atom stereocenters. The van der Waals surface area contributed by atoms with Gasteiger partial charge in [0.25, 0.3) is 5.91 Å². The van der Waals surface area contributed by atoms with E-state index in [0.29, 0.717) is 6.54 Å². The number of carbonyl (C=O) groups is 1. The van der Waals surface area contributed by atoms with E-state index in [9.17, 15) is 4.79 Å². The summed E-state index contributed by atoms with van der Waals surface area (Å²) in [5, 5.41) is 10.7. The summed E-state index contributed by atoms with van der Waals surface area (Å²) in [6.07, 6.45) is 1.59. The highest BCUT2D eigenvalue weighted by atomic mass is 35.5. The van der Waals surface area contributed by atoms with Crippen LogP contribution >= 0.6 is 11.6 Å². The summed E-state index contributed by atoms with van der Waals surface area (Å²) in [7, 11) is 1.63. The van der Waals surface area contributed by atoms with Crippen molar-refractivity contribution >= 4 is 17.5 Å². The molecule has 7 nitrogen and oxygen atoms in total. The quantitative estimate of drug-likeness (QED) is 0.844. The lowest BCUT2D eigenvalue weighted by atomic mass is 10.1. The topological polar surface area (TPSA) is 85.8 Å². The summed E-state index contributed by atoms with van der Waals surface area (Å²) >= 11 is 5.73. The van der Waals surface area contributed by atoms with Crippen LogP contribution in [0, 0.1) is 13.8 Å². The van der Waals surface area contributed by atoms with Crippen LogP contribution in [0.1, 0.15) is 34.1 Å². The van der Waals surface area contributed by atoms with E-state index in [-0.39, 0.29) is 17.0 Å². The van der Waals surface area contributed by atoms with Crippen LogP contribution in [0.2, 0.25) is 5.28 Å². The van der Waals surface area contributed by atoms with E-state index in [4.69, 9.17) is 16.1 Å². The van der Waals surface area contributed by atoms with E-state index in [1.54, 1.807) is 7.05 Å². The standard InChI is InChI=1S/C12H16ClN5O2/c1-7-9(8(2)20-17-7)5-4-6-14-11(19)10-15-12(13)18(3)16-10/h4-6H2,1-3H3,(H,14,19). The summed E-state index contributed by atoms with van der Waals surface area (Å²) in [6, 6.07) is 0.